The normalized spacial score (nSPS) is 10.5. The lowest BCUT2D eigenvalue weighted by Gasteiger charge is -2.20. The van der Waals surface area contributed by atoms with Gasteiger partial charge in [-0.05, 0) is 48.9 Å². The number of likely N-dealkylation sites (N-methyl/N-ethyl adjacent to an activating group) is 1. The van der Waals surface area contributed by atoms with E-state index in [2.05, 4.69) is 11.4 Å². The molecule has 2 aromatic rings. The summed E-state index contributed by atoms with van der Waals surface area (Å²) in [7, 11) is 0. The highest BCUT2D eigenvalue weighted by molar-refractivity contribution is 6.31. The lowest BCUT2D eigenvalue weighted by Crippen LogP contribution is -2.32. The molecule has 5 heteroatoms. The van der Waals surface area contributed by atoms with Crippen LogP contribution in [0, 0.1) is 18.3 Å². The molecule has 0 unspecified atom stereocenters. The summed E-state index contributed by atoms with van der Waals surface area (Å²) in [6, 6.07) is 15.0. The van der Waals surface area contributed by atoms with Crippen LogP contribution in [0.3, 0.4) is 0 Å². The number of carbonyl (C=O) groups excluding carboxylic acids is 1. The summed E-state index contributed by atoms with van der Waals surface area (Å²) < 4.78 is 0. The molecule has 0 aliphatic heterocycles. The molecule has 0 spiro atoms. The maximum atomic E-state index is 12.3. The molecule has 0 aromatic heterocycles. The zero-order valence-electron chi connectivity index (χ0n) is 13.8. The second-order valence-electron chi connectivity index (χ2n) is 5.62. The minimum absolute atomic E-state index is 0.0733. The molecule has 0 bridgehead atoms. The van der Waals surface area contributed by atoms with Gasteiger partial charge < -0.3 is 5.32 Å². The first-order valence-corrected chi connectivity index (χ1v) is 8.17. The van der Waals surface area contributed by atoms with Crippen LogP contribution in [0.4, 0.5) is 5.69 Å². The van der Waals surface area contributed by atoms with Crippen molar-refractivity contribution in [2.45, 2.75) is 20.4 Å². The third-order valence-corrected chi connectivity index (χ3v) is 4.01. The summed E-state index contributed by atoms with van der Waals surface area (Å²) in [6.07, 6.45) is 0. The fourth-order valence-corrected chi connectivity index (χ4v) is 2.52. The van der Waals surface area contributed by atoms with Gasteiger partial charge in [-0.1, -0.05) is 36.7 Å². The highest BCUT2D eigenvalue weighted by atomic mass is 35.5. The second kappa shape index (κ2) is 8.49. The fraction of sp³-hybridized carbons (Fsp3) is 0.263. The first-order chi connectivity index (χ1) is 11.5. The Kier molecular flexibility index (Phi) is 6.36. The van der Waals surface area contributed by atoms with E-state index in [-0.39, 0.29) is 5.91 Å². The number of benzene rings is 2. The third-order valence-electron chi connectivity index (χ3n) is 3.78. The van der Waals surface area contributed by atoms with E-state index in [1.165, 1.54) is 0 Å². The van der Waals surface area contributed by atoms with Gasteiger partial charge in [0.1, 0.15) is 0 Å². The molecule has 2 aromatic carbocycles. The van der Waals surface area contributed by atoms with Crippen LogP contribution in [0.5, 0.6) is 0 Å². The monoisotopic (exact) mass is 341 g/mol. The summed E-state index contributed by atoms with van der Waals surface area (Å²) >= 11 is 5.98. The summed E-state index contributed by atoms with van der Waals surface area (Å²) in [5, 5.41) is 12.3. The van der Waals surface area contributed by atoms with Crippen molar-refractivity contribution in [1.82, 2.24) is 4.90 Å². The Morgan fingerprint density at radius 1 is 1.25 bits per heavy atom. The standard InChI is InChI=1S/C19H20ClN3O/c1-3-23(12-16-7-5-15(11-21)6-8-16)13-19(24)22-18-10-17(20)9-4-14(18)2/h4-10H,3,12-13H2,1-2H3,(H,22,24). The SMILES string of the molecule is CCN(CC(=O)Nc1cc(Cl)ccc1C)Cc1ccc(C#N)cc1. The van der Waals surface area contributed by atoms with Crippen LogP contribution >= 0.6 is 11.6 Å². The largest absolute Gasteiger partial charge is 0.325 e. The topological polar surface area (TPSA) is 56.1 Å². The molecule has 0 saturated heterocycles. The van der Waals surface area contributed by atoms with Crippen LogP contribution in [0.1, 0.15) is 23.6 Å². The van der Waals surface area contributed by atoms with Crippen LogP contribution in [-0.4, -0.2) is 23.9 Å². The molecule has 0 aliphatic carbocycles. The molecule has 24 heavy (non-hydrogen) atoms. The molecule has 1 N–H and O–H groups in total. The molecule has 0 atom stereocenters. The van der Waals surface area contributed by atoms with Crippen LogP contribution in [-0.2, 0) is 11.3 Å². The number of hydrogen-bond donors (Lipinski definition) is 1. The number of nitriles is 1. The molecule has 4 nitrogen and oxygen atoms in total. The Balaban J connectivity index is 1.97. The van der Waals surface area contributed by atoms with E-state index in [1.54, 1.807) is 24.3 Å². The molecule has 0 aliphatic rings. The molecule has 2 rings (SSSR count). The summed E-state index contributed by atoms with van der Waals surface area (Å²) in [4.78, 5) is 14.3. The van der Waals surface area contributed by atoms with Crippen LogP contribution in [0.2, 0.25) is 5.02 Å². The summed E-state index contributed by atoms with van der Waals surface area (Å²) in [6.45, 7) is 5.65. The van der Waals surface area contributed by atoms with Crippen molar-refractivity contribution in [2.24, 2.45) is 0 Å². The van der Waals surface area contributed by atoms with Crippen molar-refractivity contribution >= 4 is 23.2 Å². The average Bonchev–Trinajstić information content (AvgIpc) is 2.58. The first kappa shape index (κ1) is 18.0. The quantitative estimate of drug-likeness (QED) is 0.864. The number of nitrogens with zero attached hydrogens (tertiary/aromatic N) is 2. The molecule has 0 fully saturated rings. The fourth-order valence-electron chi connectivity index (χ4n) is 2.34. The van der Waals surface area contributed by atoms with E-state index in [4.69, 9.17) is 16.9 Å². The van der Waals surface area contributed by atoms with Crippen molar-refractivity contribution in [3.05, 3.63) is 64.2 Å². The minimum Gasteiger partial charge on any atom is -0.325 e. The Morgan fingerprint density at radius 2 is 1.96 bits per heavy atom. The number of rotatable bonds is 6. The van der Waals surface area contributed by atoms with E-state index < -0.39 is 0 Å². The Labute approximate surface area is 147 Å². The number of hydrogen-bond acceptors (Lipinski definition) is 3. The average molecular weight is 342 g/mol. The molecular formula is C19H20ClN3O. The maximum absolute atomic E-state index is 12.3. The van der Waals surface area contributed by atoms with Crippen LogP contribution < -0.4 is 5.32 Å². The van der Waals surface area contributed by atoms with Gasteiger partial charge in [0.05, 0.1) is 18.2 Å². The van der Waals surface area contributed by atoms with Crippen molar-refractivity contribution in [3.63, 3.8) is 0 Å². The van der Waals surface area contributed by atoms with E-state index in [0.29, 0.717) is 23.7 Å². The Morgan fingerprint density at radius 3 is 2.58 bits per heavy atom. The highest BCUT2D eigenvalue weighted by Gasteiger charge is 2.11. The van der Waals surface area contributed by atoms with Crippen molar-refractivity contribution in [2.75, 3.05) is 18.4 Å². The second-order valence-corrected chi connectivity index (χ2v) is 6.06. The number of amides is 1. The molecule has 0 saturated carbocycles. The minimum atomic E-state index is -0.0733. The number of nitrogens with one attached hydrogen (secondary N) is 1. The van der Waals surface area contributed by atoms with E-state index in [0.717, 1.165) is 23.4 Å². The number of carbonyl (C=O) groups is 1. The lowest BCUT2D eigenvalue weighted by atomic mass is 10.1. The molecular weight excluding hydrogens is 322 g/mol. The number of aryl methyl sites for hydroxylation is 1. The van der Waals surface area contributed by atoms with Gasteiger partial charge in [-0.25, -0.2) is 0 Å². The van der Waals surface area contributed by atoms with Gasteiger partial charge in [0.25, 0.3) is 0 Å². The third kappa shape index (κ3) is 5.09. The smallest absolute Gasteiger partial charge is 0.238 e. The van der Waals surface area contributed by atoms with E-state index in [9.17, 15) is 4.79 Å². The number of halogens is 1. The highest BCUT2D eigenvalue weighted by Crippen LogP contribution is 2.20. The molecule has 124 valence electrons. The predicted molar refractivity (Wildman–Crippen MR) is 96.9 cm³/mol. The van der Waals surface area contributed by atoms with Crippen LogP contribution in [0.25, 0.3) is 0 Å². The summed E-state index contributed by atoms with van der Waals surface area (Å²) in [5.41, 5.74) is 3.42. The summed E-state index contributed by atoms with van der Waals surface area (Å²) in [5.74, 6) is -0.0733. The molecule has 0 radical (unpaired) electrons. The Hall–Kier alpha value is -2.35. The van der Waals surface area contributed by atoms with Gasteiger partial charge in [-0.15, -0.1) is 0 Å². The van der Waals surface area contributed by atoms with Crippen molar-refractivity contribution < 1.29 is 4.79 Å². The van der Waals surface area contributed by atoms with Gasteiger partial charge >= 0.3 is 0 Å². The van der Waals surface area contributed by atoms with E-state index in [1.807, 2.05) is 36.9 Å². The zero-order valence-corrected chi connectivity index (χ0v) is 14.6. The van der Waals surface area contributed by atoms with E-state index >= 15 is 0 Å². The van der Waals surface area contributed by atoms with Gasteiger partial charge in [0, 0.05) is 17.3 Å². The van der Waals surface area contributed by atoms with Gasteiger partial charge in [-0.3, -0.25) is 9.69 Å². The maximum Gasteiger partial charge on any atom is 0.238 e. The van der Waals surface area contributed by atoms with Crippen LogP contribution in [0.15, 0.2) is 42.5 Å². The number of anilines is 1. The van der Waals surface area contributed by atoms with Crippen molar-refractivity contribution in [1.29, 1.82) is 5.26 Å². The van der Waals surface area contributed by atoms with Gasteiger partial charge in [0.15, 0.2) is 0 Å². The molecule has 1 amide bonds. The lowest BCUT2D eigenvalue weighted by molar-refractivity contribution is -0.117. The predicted octanol–water partition coefficient (Wildman–Crippen LogP) is 3.98. The zero-order chi connectivity index (χ0) is 17.5. The first-order valence-electron chi connectivity index (χ1n) is 7.79. The van der Waals surface area contributed by atoms with Gasteiger partial charge in [-0.2, -0.15) is 5.26 Å². The molecule has 0 heterocycles. The van der Waals surface area contributed by atoms with Crippen molar-refractivity contribution in [3.8, 4) is 6.07 Å². The van der Waals surface area contributed by atoms with Gasteiger partial charge in [0.2, 0.25) is 5.91 Å². The Bertz CT molecular complexity index is 750.